The molecule has 0 amide bonds. The second-order valence-corrected chi connectivity index (χ2v) is 7.94. The highest BCUT2D eigenvalue weighted by Gasteiger charge is 2.38. The number of rotatable bonds is 5. The van der Waals surface area contributed by atoms with Crippen LogP contribution in [0.2, 0.25) is 0 Å². The van der Waals surface area contributed by atoms with E-state index in [1.807, 2.05) is 6.92 Å². The number of nitrogens with one attached hydrogen (secondary N) is 1. The average Bonchev–Trinajstić information content (AvgIpc) is 2.61. The zero-order valence-corrected chi connectivity index (χ0v) is 14.9. The van der Waals surface area contributed by atoms with Crippen LogP contribution in [-0.2, 0) is 10.0 Å². The molecule has 0 fully saturated rings. The Balaban J connectivity index is 2.02. The molecule has 0 aliphatic carbocycles. The van der Waals surface area contributed by atoms with Gasteiger partial charge in [0, 0.05) is 18.1 Å². The van der Waals surface area contributed by atoms with Gasteiger partial charge in [-0.1, -0.05) is 36.9 Å². The van der Waals surface area contributed by atoms with Crippen LogP contribution in [0.3, 0.4) is 0 Å². The summed E-state index contributed by atoms with van der Waals surface area (Å²) in [6.45, 7) is 5.57. The van der Waals surface area contributed by atoms with Crippen molar-refractivity contribution in [3.8, 4) is 5.75 Å². The van der Waals surface area contributed by atoms with Crippen LogP contribution in [0.4, 0.5) is 5.69 Å². The molecular formula is C18H18N2O5S. The number of nitro groups is 1. The molecule has 0 radical (unpaired) electrons. The van der Waals surface area contributed by atoms with E-state index in [9.17, 15) is 18.5 Å². The van der Waals surface area contributed by atoms with Gasteiger partial charge < -0.3 is 4.74 Å². The van der Waals surface area contributed by atoms with E-state index in [0.717, 1.165) is 0 Å². The van der Waals surface area contributed by atoms with Gasteiger partial charge in [-0.3, -0.25) is 10.1 Å². The number of hydrogen-bond donors (Lipinski definition) is 1. The third-order valence-electron chi connectivity index (χ3n) is 4.33. The molecule has 0 saturated carbocycles. The van der Waals surface area contributed by atoms with Gasteiger partial charge in [-0.25, -0.2) is 13.1 Å². The van der Waals surface area contributed by atoms with Crippen LogP contribution >= 0.6 is 0 Å². The van der Waals surface area contributed by atoms with Gasteiger partial charge in [0.05, 0.1) is 11.0 Å². The third kappa shape index (κ3) is 3.33. The van der Waals surface area contributed by atoms with Crippen molar-refractivity contribution in [1.82, 2.24) is 4.72 Å². The minimum absolute atomic E-state index is 0.313. The van der Waals surface area contributed by atoms with E-state index in [-0.39, 0.29) is 4.90 Å². The van der Waals surface area contributed by atoms with Gasteiger partial charge in [-0.15, -0.1) is 0 Å². The summed E-state index contributed by atoms with van der Waals surface area (Å²) in [5.74, 6) is 0.552. The highest BCUT2D eigenvalue weighted by Crippen LogP contribution is 2.41. The van der Waals surface area contributed by atoms with Crippen molar-refractivity contribution in [2.75, 3.05) is 0 Å². The molecule has 0 spiro atoms. The molecule has 2 atom stereocenters. The first kappa shape index (κ1) is 18.1. The van der Waals surface area contributed by atoms with Crippen molar-refractivity contribution in [1.29, 1.82) is 0 Å². The molecule has 7 nitrogen and oxygen atoms in total. The number of hydrogen-bond acceptors (Lipinski definition) is 5. The van der Waals surface area contributed by atoms with Crippen molar-refractivity contribution < 1.29 is 18.1 Å². The fraction of sp³-hybridized carbons (Fsp3) is 0.222. The zero-order chi connectivity index (χ0) is 18.9. The summed E-state index contributed by atoms with van der Waals surface area (Å²) in [6.07, 6.45) is 1.93. The number of nitro benzene ring substituents is 1. The Hall–Kier alpha value is -2.71. The van der Waals surface area contributed by atoms with Crippen molar-refractivity contribution in [3.05, 3.63) is 76.9 Å². The Morgan fingerprint density at radius 2 is 1.92 bits per heavy atom. The molecule has 0 aromatic heterocycles. The van der Waals surface area contributed by atoms with E-state index in [1.165, 1.54) is 24.3 Å². The Bertz CT molecular complexity index is 973. The van der Waals surface area contributed by atoms with Crippen LogP contribution in [0.25, 0.3) is 0 Å². The molecule has 1 heterocycles. The minimum atomic E-state index is -4.12. The summed E-state index contributed by atoms with van der Waals surface area (Å²) in [4.78, 5) is 10.1. The summed E-state index contributed by atoms with van der Waals surface area (Å²) in [5, 5.41) is 11.2. The number of ether oxygens (including phenoxy) is 1. The van der Waals surface area contributed by atoms with E-state index < -0.39 is 32.3 Å². The molecule has 2 aromatic rings. The smallest absolute Gasteiger partial charge is 0.289 e. The SMILES string of the molecule is C=C[C@@]1(C)C[C@@H](NS(=O)(=O)c2ccccc2[N+](=O)[O-])c2ccccc2O1. The van der Waals surface area contributed by atoms with Crippen LogP contribution in [0, 0.1) is 10.1 Å². The standard InChI is InChI=1S/C18H18N2O5S/c1-3-18(2)12-14(13-8-4-6-10-16(13)25-18)19-26(23,24)17-11-7-5-9-15(17)20(21)22/h3-11,14,19H,1,12H2,2H3/t14-,18+/m1/s1. The van der Waals surface area contributed by atoms with Crippen LogP contribution in [0.1, 0.15) is 24.9 Å². The largest absolute Gasteiger partial charge is 0.483 e. The third-order valence-corrected chi connectivity index (χ3v) is 5.85. The van der Waals surface area contributed by atoms with Gasteiger partial charge in [0.2, 0.25) is 10.0 Å². The van der Waals surface area contributed by atoms with Gasteiger partial charge in [-0.05, 0) is 25.1 Å². The van der Waals surface area contributed by atoms with Gasteiger partial charge in [-0.2, -0.15) is 0 Å². The molecule has 8 heteroatoms. The Morgan fingerprint density at radius 3 is 2.62 bits per heavy atom. The fourth-order valence-electron chi connectivity index (χ4n) is 2.99. The predicted octanol–water partition coefficient (Wildman–Crippen LogP) is 3.34. The van der Waals surface area contributed by atoms with E-state index in [2.05, 4.69) is 11.3 Å². The summed E-state index contributed by atoms with van der Waals surface area (Å²) in [5.41, 5.74) is -0.551. The summed E-state index contributed by atoms with van der Waals surface area (Å²) in [7, 11) is -4.12. The molecule has 1 aliphatic heterocycles. The van der Waals surface area contributed by atoms with Crippen LogP contribution < -0.4 is 9.46 Å². The first-order chi connectivity index (χ1) is 12.3. The molecular weight excluding hydrogens is 356 g/mol. The second kappa shape index (κ2) is 6.54. The Morgan fingerprint density at radius 1 is 1.27 bits per heavy atom. The molecule has 0 unspecified atom stereocenters. The van der Waals surface area contributed by atoms with Crippen LogP contribution in [0.15, 0.2) is 66.1 Å². The maximum absolute atomic E-state index is 12.9. The van der Waals surface area contributed by atoms with Crippen molar-refractivity contribution >= 4 is 15.7 Å². The van der Waals surface area contributed by atoms with E-state index in [4.69, 9.17) is 4.74 Å². The molecule has 2 aromatic carbocycles. The number of benzene rings is 2. The first-order valence-electron chi connectivity index (χ1n) is 7.93. The average molecular weight is 374 g/mol. The lowest BCUT2D eigenvalue weighted by atomic mass is 9.89. The highest BCUT2D eigenvalue weighted by atomic mass is 32.2. The summed E-state index contributed by atoms with van der Waals surface area (Å²) in [6, 6.07) is 11.8. The number of sulfonamides is 1. The van der Waals surface area contributed by atoms with Gasteiger partial charge in [0.15, 0.2) is 4.90 Å². The Labute approximate surface area is 151 Å². The number of fused-ring (bicyclic) bond motifs is 1. The van der Waals surface area contributed by atoms with E-state index in [0.29, 0.717) is 17.7 Å². The quantitative estimate of drug-likeness (QED) is 0.492. The summed E-state index contributed by atoms with van der Waals surface area (Å²) < 4.78 is 34.2. The van der Waals surface area contributed by atoms with Crippen LogP contribution in [0.5, 0.6) is 5.75 Å². The first-order valence-corrected chi connectivity index (χ1v) is 9.41. The minimum Gasteiger partial charge on any atom is -0.483 e. The van der Waals surface area contributed by atoms with Crippen molar-refractivity contribution in [3.63, 3.8) is 0 Å². The highest BCUT2D eigenvalue weighted by molar-refractivity contribution is 7.89. The number of para-hydroxylation sites is 2. The lowest BCUT2D eigenvalue weighted by molar-refractivity contribution is -0.387. The molecule has 26 heavy (non-hydrogen) atoms. The van der Waals surface area contributed by atoms with Crippen molar-refractivity contribution in [2.45, 2.75) is 29.9 Å². The van der Waals surface area contributed by atoms with E-state index in [1.54, 1.807) is 30.3 Å². The molecule has 0 saturated heterocycles. The van der Waals surface area contributed by atoms with Crippen LogP contribution in [-0.4, -0.2) is 18.9 Å². The van der Waals surface area contributed by atoms with Gasteiger partial charge in [0.25, 0.3) is 5.69 Å². The normalized spacial score (nSPS) is 22.1. The lowest BCUT2D eigenvalue weighted by Gasteiger charge is -2.38. The molecule has 0 bridgehead atoms. The van der Waals surface area contributed by atoms with Gasteiger partial charge >= 0.3 is 0 Å². The maximum atomic E-state index is 12.9. The van der Waals surface area contributed by atoms with E-state index >= 15 is 0 Å². The monoisotopic (exact) mass is 374 g/mol. The summed E-state index contributed by atoms with van der Waals surface area (Å²) >= 11 is 0. The maximum Gasteiger partial charge on any atom is 0.289 e. The molecule has 3 rings (SSSR count). The second-order valence-electron chi connectivity index (χ2n) is 6.26. The topological polar surface area (TPSA) is 98.5 Å². The molecule has 1 N–H and O–H groups in total. The fourth-order valence-corrected chi connectivity index (χ4v) is 4.37. The Kier molecular flexibility index (Phi) is 4.55. The number of nitrogens with zero attached hydrogens (tertiary/aromatic N) is 1. The van der Waals surface area contributed by atoms with Crippen molar-refractivity contribution in [2.24, 2.45) is 0 Å². The zero-order valence-electron chi connectivity index (χ0n) is 14.1. The molecule has 136 valence electrons. The predicted molar refractivity (Wildman–Crippen MR) is 96.4 cm³/mol. The van der Waals surface area contributed by atoms with Gasteiger partial charge in [0.1, 0.15) is 11.4 Å². The lowest BCUT2D eigenvalue weighted by Crippen LogP contribution is -2.42. The molecule has 1 aliphatic rings.